The molecule has 1 amide bonds. The van der Waals surface area contributed by atoms with E-state index in [0.717, 1.165) is 4.88 Å². The Balaban J connectivity index is 2.16. The maximum Gasteiger partial charge on any atom is 0.336 e. The fourth-order valence-corrected chi connectivity index (χ4v) is 2.41. The van der Waals surface area contributed by atoms with Gasteiger partial charge in [-0.25, -0.2) is 4.79 Å². The van der Waals surface area contributed by atoms with Gasteiger partial charge in [0.25, 0.3) is 5.91 Å². The molecule has 0 radical (unpaired) electrons. The Morgan fingerprint density at radius 2 is 2.22 bits per heavy atom. The van der Waals surface area contributed by atoms with E-state index < -0.39 is 5.63 Å². The molecule has 0 aliphatic carbocycles. The van der Waals surface area contributed by atoms with Crippen LogP contribution in [0.1, 0.15) is 26.6 Å². The van der Waals surface area contributed by atoms with Crippen molar-refractivity contribution in [3.63, 3.8) is 0 Å². The average Bonchev–Trinajstić information content (AvgIpc) is 2.77. The second-order valence-corrected chi connectivity index (χ2v) is 4.97. The van der Waals surface area contributed by atoms with Crippen molar-refractivity contribution in [2.45, 2.75) is 20.4 Å². The molecule has 0 spiro atoms. The molecule has 5 heteroatoms. The zero-order valence-corrected chi connectivity index (χ0v) is 11.0. The molecule has 0 atom stereocenters. The molecule has 0 bridgehead atoms. The van der Waals surface area contributed by atoms with E-state index in [4.69, 9.17) is 4.42 Å². The lowest BCUT2D eigenvalue weighted by Crippen LogP contribution is -2.25. The molecule has 1 N–H and O–H groups in total. The monoisotopic (exact) mass is 263 g/mol. The van der Waals surface area contributed by atoms with Crippen LogP contribution in [0.5, 0.6) is 0 Å². The van der Waals surface area contributed by atoms with Gasteiger partial charge in [-0.2, -0.15) is 0 Å². The number of carbonyl (C=O) groups excluding carboxylic acids is 1. The Bertz CT molecular complexity index is 587. The predicted octanol–water partition coefficient (Wildman–Crippen LogP) is 2.25. The highest BCUT2D eigenvalue weighted by atomic mass is 32.1. The number of aryl methyl sites for hydroxylation is 2. The zero-order valence-electron chi connectivity index (χ0n) is 10.1. The summed E-state index contributed by atoms with van der Waals surface area (Å²) in [7, 11) is 0. The summed E-state index contributed by atoms with van der Waals surface area (Å²) < 4.78 is 4.93. The second-order valence-electron chi connectivity index (χ2n) is 3.94. The van der Waals surface area contributed by atoms with E-state index in [1.807, 2.05) is 17.5 Å². The van der Waals surface area contributed by atoms with Gasteiger partial charge in [0.2, 0.25) is 0 Å². The standard InChI is InChI=1S/C13H13NO3S/c1-8-6-11(15)17-9(2)12(8)13(16)14-7-10-4-3-5-18-10/h3-6H,7H2,1-2H3,(H,14,16). The van der Waals surface area contributed by atoms with Crippen LogP contribution >= 0.6 is 11.3 Å². The highest BCUT2D eigenvalue weighted by Crippen LogP contribution is 2.12. The maximum absolute atomic E-state index is 12.0. The molecule has 0 fully saturated rings. The first kappa shape index (κ1) is 12.6. The van der Waals surface area contributed by atoms with Crippen LogP contribution in [-0.2, 0) is 6.54 Å². The van der Waals surface area contributed by atoms with Crippen molar-refractivity contribution >= 4 is 17.2 Å². The second kappa shape index (κ2) is 5.18. The number of amides is 1. The van der Waals surface area contributed by atoms with Gasteiger partial charge in [0, 0.05) is 10.9 Å². The SMILES string of the molecule is Cc1cc(=O)oc(C)c1C(=O)NCc1cccs1. The molecule has 2 aromatic heterocycles. The number of hydrogen-bond donors (Lipinski definition) is 1. The summed E-state index contributed by atoms with van der Waals surface area (Å²) >= 11 is 1.58. The minimum atomic E-state index is -0.431. The predicted molar refractivity (Wildman–Crippen MR) is 69.9 cm³/mol. The van der Waals surface area contributed by atoms with E-state index in [9.17, 15) is 9.59 Å². The Hall–Kier alpha value is -1.88. The normalized spacial score (nSPS) is 10.3. The quantitative estimate of drug-likeness (QED) is 0.924. The molecule has 18 heavy (non-hydrogen) atoms. The van der Waals surface area contributed by atoms with Crippen molar-refractivity contribution in [3.05, 3.63) is 55.8 Å². The summed E-state index contributed by atoms with van der Waals surface area (Å²) in [6.07, 6.45) is 0. The van der Waals surface area contributed by atoms with Gasteiger partial charge < -0.3 is 9.73 Å². The van der Waals surface area contributed by atoms with Gasteiger partial charge in [0.1, 0.15) is 5.76 Å². The Morgan fingerprint density at radius 3 is 2.83 bits per heavy atom. The topological polar surface area (TPSA) is 59.3 Å². The fourth-order valence-electron chi connectivity index (χ4n) is 1.77. The van der Waals surface area contributed by atoms with Gasteiger partial charge >= 0.3 is 5.63 Å². The van der Waals surface area contributed by atoms with Crippen molar-refractivity contribution in [3.8, 4) is 0 Å². The molecule has 2 heterocycles. The Morgan fingerprint density at radius 1 is 1.44 bits per heavy atom. The smallest absolute Gasteiger partial charge is 0.336 e. The van der Waals surface area contributed by atoms with Gasteiger partial charge in [-0.3, -0.25) is 4.79 Å². The summed E-state index contributed by atoms with van der Waals surface area (Å²) in [5.74, 6) is 0.130. The Kier molecular flexibility index (Phi) is 3.62. The molecular formula is C13H13NO3S. The van der Waals surface area contributed by atoms with Crippen molar-refractivity contribution in [1.82, 2.24) is 5.32 Å². The van der Waals surface area contributed by atoms with Crippen molar-refractivity contribution in [2.24, 2.45) is 0 Å². The lowest BCUT2D eigenvalue weighted by Gasteiger charge is -2.08. The first-order valence-electron chi connectivity index (χ1n) is 5.50. The summed E-state index contributed by atoms with van der Waals surface area (Å²) in [4.78, 5) is 24.2. The van der Waals surface area contributed by atoms with Crippen molar-refractivity contribution in [2.75, 3.05) is 0 Å². The molecule has 94 valence electrons. The zero-order chi connectivity index (χ0) is 13.1. The van der Waals surface area contributed by atoms with Gasteiger partial charge in [-0.15, -0.1) is 11.3 Å². The molecule has 0 saturated carbocycles. The van der Waals surface area contributed by atoms with Crippen LogP contribution in [0.15, 0.2) is 32.8 Å². The number of hydrogen-bond acceptors (Lipinski definition) is 4. The molecule has 0 aromatic carbocycles. The van der Waals surface area contributed by atoms with Crippen LogP contribution < -0.4 is 10.9 Å². The third-order valence-electron chi connectivity index (χ3n) is 2.56. The summed E-state index contributed by atoms with van der Waals surface area (Å²) in [6, 6.07) is 5.22. The molecule has 2 aromatic rings. The minimum absolute atomic E-state index is 0.220. The number of thiophene rings is 1. The number of nitrogens with one attached hydrogen (secondary N) is 1. The summed E-state index contributed by atoms with van der Waals surface area (Å²) in [5.41, 5.74) is 0.637. The van der Waals surface area contributed by atoms with Crippen LogP contribution in [0.4, 0.5) is 0 Å². The summed E-state index contributed by atoms with van der Waals surface area (Å²) in [5, 5.41) is 4.77. The fraction of sp³-hybridized carbons (Fsp3) is 0.231. The molecule has 0 aliphatic rings. The average molecular weight is 263 g/mol. The van der Waals surface area contributed by atoms with Crippen LogP contribution in [0.25, 0.3) is 0 Å². The van der Waals surface area contributed by atoms with Gasteiger partial charge in [-0.1, -0.05) is 6.07 Å². The highest BCUT2D eigenvalue weighted by Gasteiger charge is 2.14. The van der Waals surface area contributed by atoms with E-state index in [-0.39, 0.29) is 5.91 Å². The first-order valence-corrected chi connectivity index (χ1v) is 6.38. The number of rotatable bonds is 3. The van der Waals surface area contributed by atoms with Gasteiger partial charge in [0.05, 0.1) is 12.1 Å². The van der Waals surface area contributed by atoms with E-state index in [1.54, 1.807) is 25.2 Å². The third kappa shape index (κ3) is 2.68. The highest BCUT2D eigenvalue weighted by molar-refractivity contribution is 7.09. The van der Waals surface area contributed by atoms with Crippen LogP contribution in [0.2, 0.25) is 0 Å². The number of carbonyl (C=O) groups is 1. The van der Waals surface area contributed by atoms with Crippen LogP contribution in [0, 0.1) is 13.8 Å². The van der Waals surface area contributed by atoms with Crippen molar-refractivity contribution in [1.29, 1.82) is 0 Å². The van der Waals surface area contributed by atoms with Crippen LogP contribution in [0.3, 0.4) is 0 Å². The lowest BCUT2D eigenvalue weighted by atomic mass is 10.1. The van der Waals surface area contributed by atoms with Gasteiger partial charge in [-0.05, 0) is 30.9 Å². The van der Waals surface area contributed by atoms with Gasteiger partial charge in [0.15, 0.2) is 0 Å². The minimum Gasteiger partial charge on any atom is -0.427 e. The molecule has 0 saturated heterocycles. The molecule has 0 unspecified atom stereocenters. The molecule has 4 nitrogen and oxygen atoms in total. The van der Waals surface area contributed by atoms with E-state index in [0.29, 0.717) is 23.4 Å². The van der Waals surface area contributed by atoms with Crippen LogP contribution in [-0.4, -0.2) is 5.91 Å². The van der Waals surface area contributed by atoms with E-state index in [1.165, 1.54) is 6.07 Å². The molecular weight excluding hydrogens is 250 g/mol. The van der Waals surface area contributed by atoms with Crippen molar-refractivity contribution < 1.29 is 9.21 Å². The Labute approximate surface area is 108 Å². The van der Waals surface area contributed by atoms with E-state index >= 15 is 0 Å². The lowest BCUT2D eigenvalue weighted by molar-refractivity contribution is 0.0947. The maximum atomic E-state index is 12.0. The largest absolute Gasteiger partial charge is 0.427 e. The van der Waals surface area contributed by atoms with E-state index in [2.05, 4.69) is 5.32 Å². The molecule has 2 rings (SSSR count). The first-order chi connectivity index (χ1) is 8.58. The third-order valence-corrected chi connectivity index (χ3v) is 3.44. The summed E-state index contributed by atoms with van der Waals surface area (Å²) in [6.45, 7) is 3.83. The molecule has 0 aliphatic heterocycles.